The first-order valence-corrected chi connectivity index (χ1v) is 2.71. The van der Waals surface area contributed by atoms with Gasteiger partial charge in [0.25, 0.3) is 6.47 Å². The van der Waals surface area contributed by atoms with Gasteiger partial charge in [-0.05, 0) is 0 Å². The molecule has 0 atom stereocenters. The molecule has 0 radical (unpaired) electrons. The van der Waals surface area contributed by atoms with Crippen LogP contribution in [0.5, 0.6) is 5.75 Å². The Morgan fingerprint density at radius 3 is 1.90 bits per heavy atom. The topological polar surface area (TPSA) is 57.5 Å². The summed E-state index contributed by atoms with van der Waals surface area (Å²) in [5.74, 6) is 0.488. The second kappa shape index (κ2) is 2.39. The highest BCUT2D eigenvalue weighted by atomic mass is 16.3. The molecule has 3 heteroatoms. The molecule has 0 aromatic rings. The molecule has 0 unspecified atom stereocenters. The standard InChI is InChI=1S/C6H4O.CH2O2/c7-6-4-2-1-3-5(4)6;2-1-3/h1-3,7H;1H,(H,2,3). The van der Waals surface area contributed by atoms with Gasteiger partial charge >= 0.3 is 0 Å². The summed E-state index contributed by atoms with van der Waals surface area (Å²) in [6.07, 6.45) is 0. The summed E-state index contributed by atoms with van der Waals surface area (Å²) in [6, 6.07) is 5.75. The largest absolute Gasteiger partial charge is 0.507 e. The van der Waals surface area contributed by atoms with Gasteiger partial charge in [0.05, 0.1) is 0 Å². The molecule has 0 amide bonds. The first kappa shape index (κ1) is 6.61. The van der Waals surface area contributed by atoms with Crippen LogP contribution in [0.4, 0.5) is 0 Å². The molecule has 0 saturated carbocycles. The number of phenolic OH excluding ortho intramolecular Hbond substituents is 1. The highest BCUT2D eigenvalue weighted by molar-refractivity contribution is 5.94. The van der Waals surface area contributed by atoms with E-state index in [1.165, 1.54) is 0 Å². The average Bonchev–Trinajstić information content (AvgIpc) is 2.41. The van der Waals surface area contributed by atoms with E-state index in [9.17, 15) is 0 Å². The van der Waals surface area contributed by atoms with E-state index >= 15 is 0 Å². The van der Waals surface area contributed by atoms with Gasteiger partial charge in [0, 0.05) is 11.1 Å². The quantitative estimate of drug-likeness (QED) is 0.535. The fourth-order valence-corrected chi connectivity index (χ4v) is 0.784. The Balaban J connectivity index is 0.000000148. The maximum Gasteiger partial charge on any atom is 0.290 e. The van der Waals surface area contributed by atoms with E-state index in [0.717, 1.165) is 11.1 Å². The zero-order chi connectivity index (χ0) is 7.56. The minimum absolute atomic E-state index is 0.250. The third-order valence-electron chi connectivity index (χ3n) is 1.26. The van der Waals surface area contributed by atoms with E-state index in [4.69, 9.17) is 15.0 Å². The van der Waals surface area contributed by atoms with E-state index in [1.807, 2.05) is 18.2 Å². The van der Waals surface area contributed by atoms with Gasteiger partial charge in [0.2, 0.25) is 0 Å². The normalized spacial score (nSPS) is 9.20. The number of fused-ring (bicyclic) bond motifs is 1. The number of hydrogen-bond acceptors (Lipinski definition) is 2. The lowest BCUT2D eigenvalue weighted by Crippen LogP contribution is -1.49. The van der Waals surface area contributed by atoms with Gasteiger partial charge in [-0.1, -0.05) is 18.2 Å². The van der Waals surface area contributed by atoms with Crippen LogP contribution >= 0.6 is 0 Å². The molecule has 0 saturated heterocycles. The lowest BCUT2D eigenvalue weighted by molar-refractivity contribution is -0.122. The molecule has 0 aromatic carbocycles. The van der Waals surface area contributed by atoms with Crippen molar-refractivity contribution in [1.29, 1.82) is 0 Å². The second-order valence-electron chi connectivity index (χ2n) is 1.81. The van der Waals surface area contributed by atoms with Crippen LogP contribution in [0.1, 0.15) is 0 Å². The molecular formula is C7H6O3. The first-order valence-electron chi connectivity index (χ1n) is 2.71. The van der Waals surface area contributed by atoms with Crippen LogP contribution in [0.3, 0.4) is 0 Å². The summed E-state index contributed by atoms with van der Waals surface area (Å²) in [5.41, 5.74) is 2.06. The average molecular weight is 138 g/mol. The van der Waals surface area contributed by atoms with Crippen molar-refractivity contribution in [3.05, 3.63) is 18.2 Å². The molecule has 0 heterocycles. The van der Waals surface area contributed by atoms with E-state index in [-0.39, 0.29) is 6.47 Å². The molecule has 2 N–H and O–H groups in total. The monoisotopic (exact) mass is 138 g/mol. The van der Waals surface area contributed by atoms with Crippen molar-refractivity contribution in [3.63, 3.8) is 0 Å². The van der Waals surface area contributed by atoms with Crippen molar-refractivity contribution >= 4 is 6.47 Å². The van der Waals surface area contributed by atoms with Crippen molar-refractivity contribution in [2.75, 3.05) is 0 Å². The van der Waals surface area contributed by atoms with Crippen LogP contribution < -0.4 is 0 Å². The van der Waals surface area contributed by atoms with E-state index < -0.39 is 0 Å². The molecule has 3 nitrogen and oxygen atoms in total. The van der Waals surface area contributed by atoms with Gasteiger partial charge in [0.15, 0.2) is 0 Å². The molecule has 0 fully saturated rings. The lowest BCUT2D eigenvalue weighted by atomic mass is 10.6. The van der Waals surface area contributed by atoms with Gasteiger partial charge in [-0.3, -0.25) is 4.79 Å². The number of hydrogen-bond donors (Lipinski definition) is 2. The van der Waals surface area contributed by atoms with Gasteiger partial charge in [-0.25, -0.2) is 0 Å². The molecule has 10 heavy (non-hydrogen) atoms. The molecule has 0 aromatic heterocycles. The van der Waals surface area contributed by atoms with Crippen LogP contribution in [0.2, 0.25) is 0 Å². The van der Waals surface area contributed by atoms with Gasteiger partial charge in [0.1, 0.15) is 5.75 Å². The van der Waals surface area contributed by atoms with E-state index in [0.29, 0.717) is 5.75 Å². The lowest BCUT2D eigenvalue weighted by Gasteiger charge is -1.60. The highest BCUT2D eigenvalue weighted by Gasteiger charge is 2.21. The van der Waals surface area contributed by atoms with Gasteiger partial charge in [-0.15, -0.1) is 0 Å². The van der Waals surface area contributed by atoms with Crippen LogP contribution in [0.25, 0.3) is 11.1 Å². The van der Waals surface area contributed by atoms with Crippen molar-refractivity contribution in [3.8, 4) is 16.9 Å². The molecule has 2 aliphatic carbocycles. The Hall–Kier alpha value is -1.51. The van der Waals surface area contributed by atoms with Crippen molar-refractivity contribution in [2.45, 2.75) is 0 Å². The molecule has 0 bridgehead atoms. The SMILES string of the molecule is O=CO.Oc1c2cccc1-2. The fourth-order valence-electron chi connectivity index (χ4n) is 0.784. The van der Waals surface area contributed by atoms with Crippen LogP contribution in [0, 0.1) is 0 Å². The number of rotatable bonds is 0. The van der Waals surface area contributed by atoms with Crippen molar-refractivity contribution in [2.24, 2.45) is 0 Å². The van der Waals surface area contributed by atoms with Crippen molar-refractivity contribution in [1.82, 2.24) is 0 Å². The molecule has 0 spiro atoms. The predicted octanol–water partition coefficient (Wildman–Crippen LogP) is 1.07. The summed E-state index contributed by atoms with van der Waals surface area (Å²) in [7, 11) is 0. The smallest absolute Gasteiger partial charge is 0.290 e. The number of benzene rings is 1. The number of para-hydroxylation sites is 1. The Kier molecular flexibility index (Phi) is 1.58. The third kappa shape index (κ3) is 0.932. The Labute approximate surface area is 57.5 Å². The molecule has 0 aliphatic heterocycles. The predicted molar refractivity (Wildman–Crippen MR) is 35.8 cm³/mol. The Morgan fingerprint density at radius 2 is 1.70 bits per heavy atom. The van der Waals surface area contributed by atoms with Crippen molar-refractivity contribution < 1.29 is 15.0 Å². The number of phenols is 1. The second-order valence-corrected chi connectivity index (χ2v) is 1.81. The van der Waals surface area contributed by atoms with Gasteiger partial charge in [-0.2, -0.15) is 0 Å². The zero-order valence-corrected chi connectivity index (χ0v) is 5.11. The first-order chi connectivity index (χ1) is 4.81. The number of carbonyl (C=O) groups is 1. The van der Waals surface area contributed by atoms with E-state index in [1.54, 1.807) is 0 Å². The van der Waals surface area contributed by atoms with Crippen LogP contribution in [-0.4, -0.2) is 16.7 Å². The zero-order valence-electron chi connectivity index (χ0n) is 5.11. The fraction of sp³-hybridized carbons (Fsp3) is 0. The minimum Gasteiger partial charge on any atom is -0.507 e. The number of aromatic hydroxyl groups is 1. The maximum atomic E-state index is 8.71. The Bertz CT molecular complexity index is 235. The summed E-state index contributed by atoms with van der Waals surface area (Å²) >= 11 is 0. The van der Waals surface area contributed by atoms with Crippen LogP contribution in [0.15, 0.2) is 18.2 Å². The summed E-state index contributed by atoms with van der Waals surface area (Å²) in [5, 5.41) is 15.6. The van der Waals surface area contributed by atoms with E-state index in [2.05, 4.69) is 0 Å². The summed E-state index contributed by atoms with van der Waals surface area (Å²) in [4.78, 5) is 8.36. The third-order valence-corrected chi connectivity index (χ3v) is 1.26. The molecule has 2 aliphatic rings. The maximum absolute atomic E-state index is 8.71. The summed E-state index contributed by atoms with van der Waals surface area (Å²) in [6.45, 7) is -0.250. The van der Waals surface area contributed by atoms with Crippen LogP contribution in [-0.2, 0) is 4.79 Å². The highest BCUT2D eigenvalue weighted by Crippen LogP contribution is 2.49. The Morgan fingerprint density at radius 1 is 1.30 bits per heavy atom. The van der Waals surface area contributed by atoms with Gasteiger partial charge < -0.3 is 10.2 Å². The minimum atomic E-state index is -0.250. The molecule has 2 rings (SSSR count). The molecule has 52 valence electrons. The molecular weight excluding hydrogens is 132 g/mol. The number of carboxylic acid groups (broad SMARTS) is 1. The summed E-state index contributed by atoms with van der Waals surface area (Å²) < 4.78 is 0.